The van der Waals surface area contributed by atoms with Crippen molar-refractivity contribution in [2.75, 3.05) is 18.6 Å². The Morgan fingerprint density at radius 2 is 1.88 bits per heavy atom. The number of hydrogen-bond acceptors (Lipinski definition) is 7. The van der Waals surface area contributed by atoms with E-state index in [-0.39, 0.29) is 0 Å². The maximum Gasteiger partial charge on any atom is 0.249 e. The number of amides is 1. The summed E-state index contributed by atoms with van der Waals surface area (Å²) in [5.74, 6) is -0.476. The summed E-state index contributed by atoms with van der Waals surface area (Å²) >= 11 is 2.81. The molecule has 2 rings (SSSR count). The monoisotopic (exact) mass is 400 g/mol. The Morgan fingerprint density at radius 1 is 1.24 bits per heavy atom. The van der Waals surface area contributed by atoms with E-state index in [9.17, 15) is 13.2 Å². The summed E-state index contributed by atoms with van der Waals surface area (Å²) in [6, 6.07) is 7.76. The van der Waals surface area contributed by atoms with E-state index in [0.717, 1.165) is 14.9 Å². The van der Waals surface area contributed by atoms with Crippen molar-refractivity contribution in [2.24, 2.45) is 0 Å². The summed E-state index contributed by atoms with van der Waals surface area (Å²) in [6.45, 7) is 4.08. The smallest absolute Gasteiger partial charge is 0.249 e. The fourth-order valence-corrected chi connectivity index (χ4v) is 4.62. The summed E-state index contributed by atoms with van der Waals surface area (Å²) in [7, 11) is -2.18. The largest absolute Gasteiger partial charge is 0.299 e. The molecule has 0 aliphatic rings. The number of hydrogen-bond donors (Lipinski definition) is 1. The lowest BCUT2D eigenvalue weighted by Gasteiger charge is -2.25. The predicted molar refractivity (Wildman–Crippen MR) is 101 cm³/mol. The Kier molecular flexibility index (Phi) is 6.55. The summed E-state index contributed by atoms with van der Waals surface area (Å²) in [4.78, 5) is 12.7. The molecule has 0 radical (unpaired) electrons. The first-order valence-corrected chi connectivity index (χ1v) is 11.0. The van der Waals surface area contributed by atoms with Crippen molar-refractivity contribution in [1.29, 1.82) is 0 Å². The number of sulfonamides is 1. The molecule has 0 saturated carbocycles. The minimum absolute atomic E-state index is 0.344. The quantitative estimate of drug-likeness (QED) is 0.567. The highest BCUT2D eigenvalue weighted by molar-refractivity contribution is 8.01. The molecule has 0 saturated heterocycles. The molecule has 0 spiro atoms. The van der Waals surface area contributed by atoms with Gasteiger partial charge in [0.15, 0.2) is 4.34 Å². The van der Waals surface area contributed by atoms with Gasteiger partial charge in [-0.15, -0.1) is 10.2 Å². The van der Waals surface area contributed by atoms with Crippen LogP contribution in [-0.4, -0.2) is 47.4 Å². The van der Waals surface area contributed by atoms with Gasteiger partial charge in [-0.3, -0.25) is 10.1 Å². The molecule has 7 nitrogen and oxygen atoms in total. The molecule has 1 heterocycles. The van der Waals surface area contributed by atoms with E-state index in [1.807, 2.05) is 13.8 Å². The number of nitrogens with zero attached hydrogens (tertiary/aromatic N) is 3. The number of thioether (sulfide) groups is 1. The molecule has 10 heteroatoms. The average Bonchev–Trinajstić information content (AvgIpc) is 2.93. The number of carbonyl (C=O) groups excluding carboxylic acids is 1. The van der Waals surface area contributed by atoms with Crippen LogP contribution in [0.25, 0.3) is 0 Å². The second kappa shape index (κ2) is 8.26. The third-order valence-corrected chi connectivity index (χ3v) is 6.41. The van der Waals surface area contributed by atoms with Crippen molar-refractivity contribution in [1.82, 2.24) is 14.5 Å². The van der Waals surface area contributed by atoms with Gasteiger partial charge in [0.2, 0.25) is 21.1 Å². The van der Waals surface area contributed by atoms with Crippen LogP contribution < -0.4 is 5.32 Å². The maximum atomic E-state index is 12.7. The second-order valence-corrected chi connectivity index (χ2v) is 10.5. The van der Waals surface area contributed by atoms with E-state index in [0.29, 0.717) is 15.9 Å². The SMILES string of the molecule is CC(C)Sc1nnc(NC(=O)[C@@H](c2ccccc2)N(C)S(C)(=O)=O)s1. The van der Waals surface area contributed by atoms with E-state index in [1.54, 1.807) is 42.1 Å². The van der Waals surface area contributed by atoms with E-state index in [4.69, 9.17) is 0 Å². The normalized spacial score (nSPS) is 13.2. The van der Waals surface area contributed by atoms with E-state index >= 15 is 0 Å². The molecule has 0 aliphatic heterocycles. The zero-order valence-corrected chi connectivity index (χ0v) is 16.8. The Hall–Kier alpha value is -1.49. The first-order chi connectivity index (χ1) is 11.7. The molecule has 0 aliphatic carbocycles. The van der Waals surface area contributed by atoms with Gasteiger partial charge < -0.3 is 0 Å². The van der Waals surface area contributed by atoms with Crippen molar-refractivity contribution >= 4 is 44.2 Å². The Bertz CT molecular complexity index is 822. The molecule has 2 aromatic rings. The van der Waals surface area contributed by atoms with Crippen molar-refractivity contribution in [3.05, 3.63) is 35.9 Å². The van der Waals surface area contributed by atoms with E-state index in [2.05, 4.69) is 15.5 Å². The average molecular weight is 401 g/mol. The van der Waals surface area contributed by atoms with Gasteiger partial charge in [-0.2, -0.15) is 4.31 Å². The zero-order valence-electron chi connectivity index (χ0n) is 14.3. The van der Waals surface area contributed by atoms with Crippen LogP contribution in [0.1, 0.15) is 25.5 Å². The van der Waals surface area contributed by atoms with Gasteiger partial charge in [-0.25, -0.2) is 8.42 Å². The second-order valence-electron chi connectivity index (χ2n) is 5.62. The van der Waals surface area contributed by atoms with Crippen LogP contribution >= 0.6 is 23.1 Å². The molecule has 1 atom stereocenters. The van der Waals surface area contributed by atoms with Gasteiger partial charge >= 0.3 is 0 Å². The number of carbonyl (C=O) groups is 1. The van der Waals surface area contributed by atoms with Crippen LogP contribution in [0.4, 0.5) is 5.13 Å². The number of rotatable bonds is 7. The predicted octanol–water partition coefficient (Wildman–Crippen LogP) is 2.61. The minimum atomic E-state index is -3.56. The standard InChI is InChI=1S/C15H20N4O3S3/c1-10(2)23-15-18-17-14(24-15)16-13(20)12(19(3)25(4,21)22)11-8-6-5-7-9-11/h5-10,12H,1-4H3,(H,16,17,20)/t12-/m1/s1. The number of anilines is 1. The fourth-order valence-electron chi connectivity index (χ4n) is 2.04. The van der Waals surface area contributed by atoms with Gasteiger partial charge in [0, 0.05) is 12.3 Å². The summed E-state index contributed by atoms with van der Waals surface area (Å²) in [5.41, 5.74) is 0.578. The summed E-state index contributed by atoms with van der Waals surface area (Å²) < 4.78 is 25.7. The highest BCUT2D eigenvalue weighted by Gasteiger charge is 2.31. The molecule has 0 unspecified atom stereocenters. The zero-order chi connectivity index (χ0) is 18.6. The highest BCUT2D eigenvalue weighted by Crippen LogP contribution is 2.30. The Morgan fingerprint density at radius 3 is 2.44 bits per heavy atom. The fraction of sp³-hybridized carbons (Fsp3) is 0.400. The van der Waals surface area contributed by atoms with Crippen LogP contribution in [0.5, 0.6) is 0 Å². The molecular weight excluding hydrogens is 380 g/mol. The van der Waals surface area contributed by atoms with Crippen LogP contribution in [-0.2, 0) is 14.8 Å². The van der Waals surface area contributed by atoms with Gasteiger partial charge in [0.25, 0.3) is 0 Å². The van der Waals surface area contributed by atoms with Crippen molar-refractivity contribution in [3.63, 3.8) is 0 Å². The molecule has 1 aromatic carbocycles. The lowest BCUT2D eigenvalue weighted by atomic mass is 10.1. The van der Waals surface area contributed by atoms with Gasteiger partial charge in [-0.1, -0.05) is 67.3 Å². The van der Waals surface area contributed by atoms with Crippen LogP contribution in [0.3, 0.4) is 0 Å². The van der Waals surface area contributed by atoms with Crippen molar-refractivity contribution in [2.45, 2.75) is 29.5 Å². The first kappa shape index (κ1) is 19.8. The topological polar surface area (TPSA) is 92.3 Å². The number of benzene rings is 1. The molecule has 25 heavy (non-hydrogen) atoms. The summed E-state index contributed by atoms with van der Waals surface area (Å²) in [5, 5.41) is 11.3. The highest BCUT2D eigenvalue weighted by atomic mass is 32.2. The third kappa shape index (κ3) is 5.50. The molecule has 136 valence electrons. The van der Waals surface area contributed by atoms with E-state index < -0.39 is 22.0 Å². The van der Waals surface area contributed by atoms with Gasteiger partial charge in [-0.05, 0) is 5.56 Å². The number of likely N-dealkylation sites (N-methyl/N-ethyl adjacent to an activating group) is 1. The molecular formula is C15H20N4O3S3. The van der Waals surface area contributed by atoms with E-state index in [1.165, 1.54) is 18.4 Å². The molecule has 1 amide bonds. The van der Waals surface area contributed by atoms with Crippen molar-refractivity contribution < 1.29 is 13.2 Å². The lowest BCUT2D eigenvalue weighted by molar-refractivity contribution is -0.119. The summed E-state index contributed by atoms with van der Waals surface area (Å²) in [6.07, 6.45) is 1.07. The molecule has 1 aromatic heterocycles. The Balaban J connectivity index is 2.25. The molecule has 1 N–H and O–H groups in total. The van der Waals surface area contributed by atoms with Crippen LogP contribution in [0.2, 0.25) is 0 Å². The molecule has 0 bridgehead atoms. The number of nitrogens with one attached hydrogen (secondary N) is 1. The molecule has 0 fully saturated rings. The van der Waals surface area contributed by atoms with Crippen molar-refractivity contribution in [3.8, 4) is 0 Å². The first-order valence-electron chi connectivity index (χ1n) is 7.47. The number of aromatic nitrogens is 2. The van der Waals surface area contributed by atoms with Crippen LogP contribution in [0.15, 0.2) is 34.7 Å². The van der Waals surface area contributed by atoms with Gasteiger partial charge in [0.05, 0.1) is 6.26 Å². The Labute approximate surface area is 155 Å². The van der Waals surface area contributed by atoms with Gasteiger partial charge in [0.1, 0.15) is 6.04 Å². The minimum Gasteiger partial charge on any atom is -0.299 e. The third-order valence-electron chi connectivity index (χ3n) is 3.22. The maximum absolute atomic E-state index is 12.7. The lowest BCUT2D eigenvalue weighted by Crippen LogP contribution is -2.38. The van der Waals surface area contributed by atoms with Crippen LogP contribution in [0, 0.1) is 0 Å².